The molecule has 0 saturated heterocycles. The highest BCUT2D eigenvalue weighted by Crippen LogP contribution is 2.40. The molecule has 4 heteroatoms. The van der Waals surface area contributed by atoms with Gasteiger partial charge in [0, 0.05) is 16.7 Å². The van der Waals surface area contributed by atoms with Crippen molar-refractivity contribution in [3.8, 4) is 0 Å². The predicted octanol–water partition coefficient (Wildman–Crippen LogP) is 2.52. The molecule has 0 heterocycles. The van der Waals surface area contributed by atoms with E-state index >= 15 is 0 Å². The average molecular weight is 283 g/mol. The number of hydrogen-bond acceptors (Lipinski definition) is 2. The summed E-state index contributed by atoms with van der Waals surface area (Å²) in [4.78, 5) is 12.0. The number of rotatable bonds is 3. The third-order valence-electron chi connectivity index (χ3n) is 3.29. The van der Waals surface area contributed by atoms with Crippen LogP contribution in [0.2, 0.25) is 0 Å². The second kappa shape index (κ2) is 4.55. The van der Waals surface area contributed by atoms with Gasteiger partial charge in [0.15, 0.2) is 0 Å². The van der Waals surface area contributed by atoms with Gasteiger partial charge in [0.05, 0.1) is 5.41 Å². The molecule has 1 amide bonds. The normalized spacial score (nSPS) is 17.6. The van der Waals surface area contributed by atoms with E-state index in [9.17, 15) is 4.79 Å². The molecule has 1 saturated carbocycles. The number of benzene rings is 1. The zero-order valence-electron chi connectivity index (χ0n) is 9.00. The first-order chi connectivity index (χ1) is 7.66. The minimum atomic E-state index is -0.312. The first kappa shape index (κ1) is 11.6. The minimum Gasteiger partial charge on any atom is -0.329 e. The van der Waals surface area contributed by atoms with E-state index in [0.717, 1.165) is 29.4 Å². The first-order valence-electron chi connectivity index (χ1n) is 5.43. The molecule has 1 fully saturated rings. The Balaban J connectivity index is 2.04. The van der Waals surface area contributed by atoms with E-state index in [4.69, 9.17) is 5.73 Å². The van der Waals surface area contributed by atoms with E-state index in [2.05, 4.69) is 21.2 Å². The van der Waals surface area contributed by atoms with Crippen LogP contribution in [0.15, 0.2) is 28.7 Å². The number of nitrogens with one attached hydrogen (secondary N) is 1. The highest BCUT2D eigenvalue weighted by Gasteiger charge is 2.42. The minimum absolute atomic E-state index is 0.0589. The number of carbonyl (C=O) groups is 1. The van der Waals surface area contributed by atoms with E-state index < -0.39 is 0 Å². The molecule has 0 aliphatic heterocycles. The summed E-state index contributed by atoms with van der Waals surface area (Å²) in [6.07, 6.45) is 2.92. The van der Waals surface area contributed by atoms with Gasteiger partial charge in [-0.3, -0.25) is 4.79 Å². The van der Waals surface area contributed by atoms with E-state index in [1.54, 1.807) is 0 Å². The topological polar surface area (TPSA) is 55.1 Å². The van der Waals surface area contributed by atoms with Crippen molar-refractivity contribution in [3.05, 3.63) is 28.7 Å². The summed E-state index contributed by atoms with van der Waals surface area (Å²) in [6.45, 7) is 0.440. The SMILES string of the molecule is NCC1(C(=O)Nc2ccc(Br)cc2)CCC1. The molecular weight excluding hydrogens is 268 g/mol. The third kappa shape index (κ3) is 2.13. The van der Waals surface area contributed by atoms with Gasteiger partial charge in [-0.05, 0) is 37.1 Å². The summed E-state index contributed by atoms with van der Waals surface area (Å²) in [6, 6.07) is 7.58. The summed E-state index contributed by atoms with van der Waals surface area (Å²) in [5.41, 5.74) is 6.19. The van der Waals surface area contributed by atoms with Crippen LogP contribution in [-0.4, -0.2) is 12.5 Å². The fourth-order valence-electron chi connectivity index (χ4n) is 1.92. The summed E-state index contributed by atoms with van der Waals surface area (Å²) >= 11 is 3.36. The molecule has 1 aromatic rings. The molecule has 3 N–H and O–H groups in total. The Hall–Kier alpha value is -0.870. The lowest BCUT2D eigenvalue weighted by molar-refractivity contribution is -0.129. The number of halogens is 1. The van der Waals surface area contributed by atoms with Crippen molar-refractivity contribution in [2.24, 2.45) is 11.1 Å². The summed E-state index contributed by atoms with van der Waals surface area (Å²) < 4.78 is 1.00. The van der Waals surface area contributed by atoms with Crippen LogP contribution in [0.3, 0.4) is 0 Å². The van der Waals surface area contributed by atoms with Gasteiger partial charge in [-0.15, -0.1) is 0 Å². The monoisotopic (exact) mass is 282 g/mol. The Labute approximate surface area is 104 Å². The Kier molecular flexibility index (Phi) is 3.30. The number of nitrogens with two attached hydrogens (primary N) is 1. The summed E-state index contributed by atoms with van der Waals surface area (Å²) in [7, 11) is 0. The van der Waals surface area contributed by atoms with Crippen molar-refractivity contribution in [1.82, 2.24) is 0 Å². The molecule has 0 aromatic heterocycles. The molecule has 0 radical (unpaired) electrons. The lowest BCUT2D eigenvalue weighted by Crippen LogP contribution is -2.47. The quantitative estimate of drug-likeness (QED) is 0.895. The number of amides is 1. The molecule has 16 heavy (non-hydrogen) atoms. The second-order valence-electron chi connectivity index (χ2n) is 4.30. The second-order valence-corrected chi connectivity index (χ2v) is 5.21. The molecule has 1 aliphatic rings. The molecule has 2 rings (SSSR count). The van der Waals surface area contributed by atoms with Crippen molar-refractivity contribution in [1.29, 1.82) is 0 Å². The molecule has 0 bridgehead atoms. The van der Waals surface area contributed by atoms with Crippen LogP contribution in [0.25, 0.3) is 0 Å². The van der Waals surface area contributed by atoms with Crippen LogP contribution in [0.4, 0.5) is 5.69 Å². The number of carbonyl (C=O) groups excluding carboxylic acids is 1. The van der Waals surface area contributed by atoms with Gasteiger partial charge in [0.25, 0.3) is 0 Å². The maximum absolute atomic E-state index is 12.0. The van der Waals surface area contributed by atoms with Gasteiger partial charge in [0.1, 0.15) is 0 Å². The van der Waals surface area contributed by atoms with E-state index in [1.165, 1.54) is 0 Å². The molecule has 0 spiro atoms. The Morgan fingerprint density at radius 1 is 1.38 bits per heavy atom. The predicted molar refractivity (Wildman–Crippen MR) is 68.1 cm³/mol. The summed E-state index contributed by atoms with van der Waals surface area (Å²) in [5, 5.41) is 2.92. The average Bonchev–Trinajstić information content (AvgIpc) is 2.21. The van der Waals surface area contributed by atoms with Gasteiger partial charge >= 0.3 is 0 Å². The molecular formula is C12H15BrN2O. The standard InChI is InChI=1S/C12H15BrN2O/c13-9-2-4-10(5-3-9)15-11(16)12(8-14)6-1-7-12/h2-5H,1,6-8,14H2,(H,15,16). The van der Waals surface area contributed by atoms with Crippen molar-refractivity contribution < 1.29 is 4.79 Å². The molecule has 1 aliphatic carbocycles. The third-order valence-corrected chi connectivity index (χ3v) is 3.81. The fourth-order valence-corrected chi connectivity index (χ4v) is 2.19. The Morgan fingerprint density at radius 2 is 2.00 bits per heavy atom. The zero-order valence-corrected chi connectivity index (χ0v) is 10.6. The van der Waals surface area contributed by atoms with Crippen molar-refractivity contribution in [2.75, 3.05) is 11.9 Å². The first-order valence-corrected chi connectivity index (χ1v) is 6.23. The Bertz CT molecular complexity index is 379. The van der Waals surface area contributed by atoms with Crippen molar-refractivity contribution >= 4 is 27.5 Å². The van der Waals surface area contributed by atoms with Crippen LogP contribution >= 0.6 is 15.9 Å². The summed E-state index contributed by atoms with van der Waals surface area (Å²) in [5.74, 6) is 0.0589. The molecule has 0 unspecified atom stereocenters. The van der Waals surface area contributed by atoms with E-state index in [-0.39, 0.29) is 11.3 Å². The smallest absolute Gasteiger partial charge is 0.231 e. The molecule has 0 atom stereocenters. The zero-order chi connectivity index (χ0) is 11.6. The van der Waals surface area contributed by atoms with Gasteiger partial charge in [-0.1, -0.05) is 22.4 Å². The van der Waals surface area contributed by atoms with Crippen LogP contribution < -0.4 is 11.1 Å². The maximum Gasteiger partial charge on any atom is 0.231 e. The van der Waals surface area contributed by atoms with Crippen LogP contribution in [0.1, 0.15) is 19.3 Å². The highest BCUT2D eigenvalue weighted by molar-refractivity contribution is 9.10. The fraction of sp³-hybridized carbons (Fsp3) is 0.417. The van der Waals surface area contributed by atoms with Gasteiger partial charge in [0.2, 0.25) is 5.91 Å². The lowest BCUT2D eigenvalue weighted by atomic mass is 9.68. The number of hydrogen-bond donors (Lipinski definition) is 2. The largest absolute Gasteiger partial charge is 0.329 e. The molecule has 1 aromatic carbocycles. The van der Waals surface area contributed by atoms with Gasteiger partial charge in [-0.25, -0.2) is 0 Å². The van der Waals surface area contributed by atoms with Crippen LogP contribution in [0, 0.1) is 5.41 Å². The molecule has 3 nitrogen and oxygen atoms in total. The van der Waals surface area contributed by atoms with Crippen molar-refractivity contribution in [3.63, 3.8) is 0 Å². The highest BCUT2D eigenvalue weighted by atomic mass is 79.9. The van der Waals surface area contributed by atoms with E-state index in [1.807, 2.05) is 24.3 Å². The van der Waals surface area contributed by atoms with Crippen LogP contribution in [-0.2, 0) is 4.79 Å². The maximum atomic E-state index is 12.0. The van der Waals surface area contributed by atoms with Gasteiger partial charge < -0.3 is 11.1 Å². The lowest BCUT2D eigenvalue weighted by Gasteiger charge is -2.39. The van der Waals surface area contributed by atoms with Gasteiger partial charge in [-0.2, -0.15) is 0 Å². The van der Waals surface area contributed by atoms with Crippen molar-refractivity contribution in [2.45, 2.75) is 19.3 Å². The molecule has 86 valence electrons. The van der Waals surface area contributed by atoms with E-state index in [0.29, 0.717) is 6.54 Å². The number of anilines is 1. The Morgan fingerprint density at radius 3 is 2.44 bits per heavy atom. The van der Waals surface area contributed by atoms with Crippen LogP contribution in [0.5, 0.6) is 0 Å².